The van der Waals surface area contributed by atoms with Gasteiger partial charge in [-0.2, -0.15) is 0 Å². The Morgan fingerprint density at radius 1 is 1.34 bits per heavy atom. The maximum atomic E-state index is 13.5. The van der Waals surface area contributed by atoms with Crippen LogP contribution < -0.4 is 0 Å². The molecule has 0 aliphatic heterocycles. The van der Waals surface area contributed by atoms with Crippen LogP contribution in [-0.2, 0) is 20.9 Å². The number of ketones is 1. The molecule has 2 N–H and O–H groups in total. The molecule has 7 heteroatoms. The minimum Gasteiger partial charge on any atom is -0.461 e. The van der Waals surface area contributed by atoms with Crippen molar-refractivity contribution < 1.29 is 24.5 Å². The molecule has 2 bridgehead atoms. The molecular formula is C28H39NO5S. The lowest BCUT2D eigenvalue weighted by Gasteiger charge is -2.61. The number of thioether (sulfide) groups is 1. The molecule has 8 atom stereocenters. The van der Waals surface area contributed by atoms with Gasteiger partial charge in [0.05, 0.1) is 18.5 Å². The van der Waals surface area contributed by atoms with Gasteiger partial charge in [-0.1, -0.05) is 33.8 Å². The zero-order valence-electron chi connectivity index (χ0n) is 21.3. The van der Waals surface area contributed by atoms with E-state index in [0.717, 1.165) is 24.2 Å². The predicted octanol–water partition coefficient (Wildman–Crippen LogP) is 4.57. The van der Waals surface area contributed by atoms with Crippen molar-refractivity contribution in [3.8, 4) is 0 Å². The number of aliphatic hydroxyl groups excluding tert-OH is 2. The number of aromatic nitrogens is 1. The van der Waals surface area contributed by atoms with Crippen LogP contribution in [0.4, 0.5) is 0 Å². The summed E-state index contributed by atoms with van der Waals surface area (Å²) in [4.78, 5) is 31.5. The van der Waals surface area contributed by atoms with Gasteiger partial charge < -0.3 is 14.9 Å². The highest BCUT2D eigenvalue weighted by atomic mass is 32.2. The summed E-state index contributed by atoms with van der Waals surface area (Å²) < 4.78 is 6.27. The second-order valence-corrected chi connectivity index (χ2v) is 12.5. The molecule has 3 aliphatic carbocycles. The number of Topliss-reactive ketones (excluding diaryl/α,β-unsaturated/α-hetero) is 1. The third-order valence-corrected chi connectivity index (χ3v) is 11.0. The number of pyridine rings is 1. The molecule has 6 nitrogen and oxygen atoms in total. The highest BCUT2D eigenvalue weighted by molar-refractivity contribution is 8.00. The standard InChI is InChI=1S/C28H39NO5S/c1-6-26(4)13-22(34-23(32)16-35-21-9-12-29-14-19(21)15-30)27(5)17(2)7-10-28(18(3)25(26)33)11-8-20(31)24(27)28/h6,9,12,14,17-18,22,24-25,30,33H,1,7-8,10-11,13,15-16H2,2-5H3/t17-,18+,22-,24+,25+,26-,27+,28+/m1/s1. The van der Waals surface area contributed by atoms with Crippen LogP contribution >= 0.6 is 11.8 Å². The molecule has 0 spiro atoms. The number of nitrogens with zero attached hydrogens (tertiary/aromatic N) is 1. The van der Waals surface area contributed by atoms with E-state index in [1.54, 1.807) is 18.5 Å². The zero-order valence-corrected chi connectivity index (χ0v) is 22.1. The predicted molar refractivity (Wildman–Crippen MR) is 136 cm³/mol. The molecule has 1 aromatic rings. The largest absolute Gasteiger partial charge is 0.461 e. The number of ether oxygens (including phenoxy) is 1. The van der Waals surface area contributed by atoms with Crippen molar-refractivity contribution in [3.05, 3.63) is 36.7 Å². The van der Waals surface area contributed by atoms with E-state index in [1.165, 1.54) is 11.8 Å². The van der Waals surface area contributed by atoms with Crippen molar-refractivity contribution >= 4 is 23.5 Å². The molecule has 3 aliphatic rings. The summed E-state index contributed by atoms with van der Waals surface area (Å²) in [6.07, 6.45) is 7.44. The van der Waals surface area contributed by atoms with Crippen molar-refractivity contribution in [3.63, 3.8) is 0 Å². The quantitative estimate of drug-likeness (QED) is 0.335. The first-order valence-electron chi connectivity index (χ1n) is 12.7. The van der Waals surface area contributed by atoms with Gasteiger partial charge in [-0.05, 0) is 49.0 Å². The third kappa shape index (κ3) is 4.17. The van der Waals surface area contributed by atoms with E-state index >= 15 is 0 Å². The molecule has 4 rings (SSSR count). The van der Waals surface area contributed by atoms with Crippen LogP contribution in [-0.4, -0.2) is 44.9 Å². The Balaban J connectivity index is 1.68. The zero-order chi connectivity index (χ0) is 25.6. The molecule has 35 heavy (non-hydrogen) atoms. The van der Waals surface area contributed by atoms with E-state index in [0.29, 0.717) is 18.4 Å². The van der Waals surface area contributed by atoms with E-state index in [9.17, 15) is 19.8 Å². The fourth-order valence-electron chi connectivity index (χ4n) is 7.50. The minimum absolute atomic E-state index is 0.0513. The normalized spacial score (nSPS) is 41.0. The Labute approximate surface area is 212 Å². The van der Waals surface area contributed by atoms with Gasteiger partial charge in [0, 0.05) is 46.0 Å². The Bertz CT molecular complexity index is 999. The van der Waals surface area contributed by atoms with Crippen LogP contribution in [0.5, 0.6) is 0 Å². The third-order valence-electron chi connectivity index (χ3n) is 9.95. The average Bonchev–Trinajstić information content (AvgIpc) is 3.21. The Hall–Kier alpha value is -1.70. The number of hydrogen-bond acceptors (Lipinski definition) is 7. The number of aliphatic hydroxyl groups is 2. The molecular weight excluding hydrogens is 462 g/mol. The van der Waals surface area contributed by atoms with Crippen molar-refractivity contribution in [2.45, 2.75) is 83.5 Å². The first-order valence-corrected chi connectivity index (χ1v) is 13.7. The van der Waals surface area contributed by atoms with Crippen LogP contribution in [0.2, 0.25) is 0 Å². The fraction of sp³-hybridized carbons (Fsp3) is 0.679. The second kappa shape index (κ2) is 9.64. The molecule has 1 aromatic heterocycles. The SMILES string of the molecule is C=C[C@]1(C)C[C@@H](OC(=O)CSc2ccncc2CO)[C@]2(C)[C@H](C)CC[C@]3(CCC(=O)[C@H]32)[C@@H](C)[C@@H]1O. The van der Waals surface area contributed by atoms with Gasteiger partial charge in [-0.3, -0.25) is 14.6 Å². The van der Waals surface area contributed by atoms with Crippen molar-refractivity contribution in [1.82, 2.24) is 4.98 Å². The summed E-state index contributed by atoms with van der Waals surface area (Å²) >= 11 is 1.31. The molecule has 192 valence electrons. The van der Waals surface area contributed by atoms with Crippen LogP contribution in [0.25, 0.3) is 0 Å². The van der Waals surface area contributed by atoms with Gasteiger partial charge in [0.15, 0.2) is 0 Å². The van der Waals surface area contributed by atoms with Gasteiger partial charge in [0.2, 0.25) is 0 Å². The van der Waals surface area contributed by atoms with E-state index in [-0.39, 0.29) is 47.3 Å². The maximum Gasteiger partial charge on any atom is 0.316 e. The lowest BCUT2D eigenvalue weighted by atomic mass is 9.44. The fourth-order valence-corrected chi connectivity index (χ4v) is 8.31. The van der Waals surface area contributed by atoms with E-state index in [2.05, 4.69) is 32.3 Å². The smallest absolute Gasteiger partial charge is 0.316 e. The lowest BCUT2D eigenvalue weighted by Crippen LogP contribution is -2.63. The number of carbonyl (C=O) groups excluding carboxylic acids is 2. The Morgan fingerprint density at radius 2 is 2.09 bits per heavy atom. The van der Waals surface area contributed by atoms with Crippen LogP contribution in [0.3, 0.4) is 0 Å². The molecule has 1 heterocycles. The van der Waals surface area contributed by atoms with Crippen molar-refractivity contribution in [1.29, 1.82) is 0 Å². The molecule has 3 fully saturated rings. The summed E-state index contributed by atoms with van der Waals surface area (Å²) in [5.74, 6) is -0.101. The summed E-state index contributed by atoms with van der Waals surface area (Å²) in [6, 6.07) is 1.78. The minimum atomic E-state index is -0.675. The second-order valence-electron chi connectivity index (χ2n) is 11.5. The number of rotatable bonds is 6. The first-order chi connectivity index (χ1) is 16.5. The first kappa shape index (κ1) is 26.4. The van der Waals surface area contributed by atoms with E-state index in [4.69, 9.17) is 4.74 Å². The molecule has 0 radical (unpaired) electrons. The lowest BCUT2D eigenvalue weighted by molar-refractivity contribution is -0.205. The van der Waals surface area contributed by atoms with Crippen LogP contribution in [0.15, 0.2) is 36.0 Å². The number of carbonyl (C=O) groups is 2. The van der Waals surface area contributed by atoms with E-state index in [1.807, 2.05) is 13.0 Å². The van der Waals surface area contributed by atoms with Gasteiger partial charge in [0.25, 0.3) is 0 Å². The van der Waals surface area contributed by atoms with Gasteiger partial charge >= 0.3 is 5.97 Å². The van der Waals surface area contributed by atoms with Crippen LogP contribution in [0.1, 0.15) is 65.4 Å². The summed E-state index contributed by atoms with van der Waals surface area (Å²) in [5, 5.41) is 21.2. The average molecular weight is 502 g/mol. The topological polar surface area (TPSA) is 96.7 Å². The van der Waals surface area contributed by atoms with Gasteiger partial charge in [-0.15, -0.1) is 18.3 Å². The van der Waals surface area contributed by atoms with Crippen molar-refractivity contribution in [2.24, 2.45) is 34.0 Å². The maximum absolute atomic E-state index is 13.5. The van der Waals surface area contributed by atoms with Gasteiger partial charge in [0.1, 0.15) is 11.9 Å². The molecule has 0 amide bonds. The number of hydrogen-bond donors (Lipinski definition) is 2. The highest BCUT2D eigenvalue weighted by Gasteiger charge is 2.68. The monoisotopic (exact) mass is 501 g/mol. The highest BCUT2D eigenvalue weighted by Crippen LogP contribution is 2.68. The van der Waals surface area contributed by atoms with Crippen molar-refractivity contribution in [2.75, 3.05) is 5.75 Å². The molecule has 0 saturated heterocycles. The molecule has 3 saturated carbocycles. The summed E-state index contributed by atoms with van der Waals surface area (Å²) in [7, 11) is 0. The molecule has 0 aromatic carbocycles. The van der Waals surface area contributed by atoms with E-state index < -0.39 is 23.0 Å². The van der Waals surface area contributed by atoms with Crippen LogP contribution in [0, 0.1) is 34.0 Å². The van der Waals surface area contributed by atoms with Gasteiger partial charge in [-0.25, -0.2) is 0 Å². The Morgan fingerprint density at radius 3 is 2.77 bits per heavy atom. The summed E-state index contributed by atoms with van der Waals surface area (Å²) in [5.41, 5.74) is -0.775. The number of esters is 1. The Kier molecular flexibility index (Phi) is 7.26. The molecule has 0 unspecified atom stereocenters. The summed E-state index contributed by atoms with van der Waals surface area (Å²) in [6.45, 7) is 12.3.